The lowest BCUT2D eigenvalue weighted by atomic mass is 9.94. The van der Waals surface area contributed by atoms with Crippen molar-refractivity contribution in [2.24, 2.45) is 11.8 Å². The van der Waals surface area contributed by atoms with Crippen molar-refractivity contribution in [1.82, 2.24) is 4.98 Å². The molecule has 4 rings (SSSR count). The van der Waals surface area contributed by atoms with Crippen molar-refractivity contribution in [3.05, 3.63) is 53.2 Å². The van der Waals surface area contributed by atoms with E-state index in [-0.39, 0.29) is 11.8 Å². The molecule has 0 atom stereocenters. The predicted octanol–water partition coefficient (Wildman–Crippen LogP) is 4.86. The highest BCUT2D eigenvalue weighted by Gasteiger charge is 2.33. The van der Waals surface area contributed by atoms with Crippen molar-refractivity contribution < 1.29 is 9.18 Å². The molecule has 28 heavy (non-hydrogen) atoms. The molecule has 0 unspecified atom stereocenters. The second-order valence-corrected chi connectivity index (χ2v) is 8.22. The Labute approximate surface area is 170 Å². The summed E-state index contributed by atoms with van der Waals surface area (Å²) in [6, 6.07) is 11.1. The maximum Gasteiger partial charge on any atom is 0.230 e. The molecule has 1 aromatic heterocycles. The van der Waals surface area contributed by atoms with Crippen molar-refractivity contribution in [1.29, 1.82) is 0 Å². The zero-order valence-electron chi connectivity index (χ0n) is 15.9. The third-order valence-electron chi connectivity index (χ3n) is 5.67. The van der Waals surface area contributed by atoms with E-state index in [1.54, 1.807) is 18.3 Å². The van der Waals surface area contributed by atoms with Gasteiger partial charge in [-0.25, -0.2) is 9.37 Å². The quantitative estimate of drug-likeness (QED) is 0.693. The number of amides is 1. The molecule has 1 aliphatic heterocycles. The van der Waals surface area contributed by atoms with Gasteiger partial charge in [-0.3, -0.25) is 4.79 Å². The molecule has 2 fully saturated rings. The van der Waals surface area contributed by atoms with E-state index < -0.39 is 6.67 Å². The number of pyridine rings is 1. The monoisotopic (exact) mass is 401 g/mol. The van der Waals surface area contributed by atoms with Crippen LogP contribution in [0.5, 0.6) is 0 Å². The van der Waals surface area contributed by atoms with Crippen LogP contribution >= 0.6 is 11.6 Å². The van der Waals surface area contributed by atoms with Crippen molar-refractivity contribution in [2.45, 2.75) is 32.4 Å². The van der Waals surface area contributed by atoms with Gasteiger partial charge in [0, 0.05) is 42.5 Å². The van der Waals surface area contributed by atoms with Gasteiger partial charge < -0.3 is 9.80 Å². The fraction of sp³-hybridized carbons (Fsp3) is 0.455. The molecule has 148 valence electrons. The van der Waals surface area contributed by atoms with Gasteiger partial charge >= 0.3 is 0 Å². The minimum Gasteiger partial charge on any atom is -0.357 e. The van der Waals surface area contributed by atoms with E-state index in [0.29, 0.717) is 16.5 Å². The summed E-state index contributed by atoms with van der Waals surface area (Å²) in [7, 11) is 0. The van der Waals surface area contributed by atoms with Gasteiger partial charge in [0.2, 0.25) is 5.91 Å². The Morgan fingerprint density at radius 1 is 1.14 bits per heavy atom. The van der Waals surface area contributed by atoms with Gasteiger partial charge in [0.1, 0.15) is 12.5 Å². The molecular formula is C22H25ClFN3O. The summed E-state index contributed by atoms with van der Waals surface area (Å²) in [5.41, 5.74) is 1.57. The number of nitrogens with zero attached hydrogens (tertiary/aromatic N) is 3. The van der Waals surface area contributed by atoms with Crippen LogP contribution in [0.15, 0.2) is 42.6 Å². The number of hydrogen-bond acceptors (Lipinski definition) is 3. The molecule has 1 saturated heterocycles. The van der Waals surface area contributed by atoms with Gasteiger partial charge in [-0.2, -0.15) is 0 Å². The van der Waals surface area contributed by atoms with E-state index in [1.165, 1.54) is 12.8 Å². The van der Waals surface area contributed by atoms with Gasteiger partial charge in [-0.05, 0) is 73.6 Å². The van der Waals surface area contributed by atoms with E-state index in [4.69, 9.17) is 11.6 Å². The summed E-state index contributed by atoms with van der Waals surface area (Å²) in [4.78, 5) is 21.8. The Hall–Kier alpha value is -2.14. The molecule has 0 radical (unpaired) electrons. The van der Waals surface area contributed by atoms with Crippen LogP contribution in [0.1, 0.15) is 31.2 Å². The van der Waals surface area contributed by atoms with Crippen LogP contribution < -0.4 is 9.80 Å². The van der Waals surface area contributed by atoms with Crippen molar-refractivity contribution >= 4 is 29.0 Å². The number of piperidine rings is 1. The summed E-state index contributed by atoms with van der Waals surface area (Å²) in [5, 5.41) is 0.680. The maximum absolute atomic E-state index is 13.3. The number of carbonyl (C=O) groups excluding carboxylic acids is 1. The lowest BCUT2D eigenvalue weighted by molar-refractivity contribution is -0.123. The number of benzene rings is 1. The minimum absolute atomic E-state index is 0.00929. The van der Waals surface area contributed by atoms with Crippen LogP contribution in [0.3, 0.4) is 0 Å². The van der Waals surface area contributed by atoms with E-state index in [0.717, 1.165) is 44.0 Å². The average Bonchev–Trinajstić information content (AvgIpc) is 3.57. The number of carbonyl (C=O) groups is 1. The highest BCUT2D eigenvalue weighted by Crippen LogP contribution is 2.34. The first-order valence-corrected chi connectivity index (χ1v) is 10.3. The van der Waals surface area contributed by atoms with Crippen LogP contribution in [-0.2, 0) is 11.5 Å². The third-order valence-corrected chi connectivity index (χ3v) is 5.93. The molecule has 1 saturated carbocycles. The first-order valence-electron chi connectivity index (χ1n) is 9.97. The SMILES string of the molecule is O=C(C1CCN(c2cc(CF)ccn2)CC1)N(CC1CC1)c1ccc(Cl)cc1. The zero-order chi connectivity index (χ0) is 19.5. The molecule has 6 heteroatoms. The maximum atomic E-state index is 13.3. The Morgan fingerprint density at radius 3 is 2.50 bits per heavy atom. The highest BCUT2D eigenvalue weighted by molar-refractivity contribution is 6.30. The molecule has 4 nitrogen and oxygen atoms in total. The van der Waals surface area contributed by atoms with E-state index >= 15 is 0 Å². The second kappa shape index (κ2) is 8.48. The van der Waals surface area contributed by atoms with Crippen LogP contribution in [-0.4, -0.2) is 30.5 Å². The summed E-state index contributed by atoms with van der Waals surface area (Å²) >= 11 is 6.02. The largest absolute Gasteiger partial charge is 0.357 e. The molecule has 0 N–H and O–H groups in total. The Bertz CT molecular complexity index is 817. The molecule has 1 aliphatic carbocycles. The third kappa shape index (κ3) is 4.46. The number of aromatic nitrogens is 1. The van der Waals surface area contributed by atoms with Gasteiger partial charge in [0.25, 0.3) is 0 Å². The summed E-state index contributed by atoms with van der Waals surface area (Å²) in [5.74, 6) is 1.63. The van der Waals surface area contributed by atoms with Crippen molar-refractivity contribution in [3.8, 4) is 0 Å². The van der Waals surface area contributed by atoms with Crippen molar-refractivity contribution in [3.63, 3.8) is 0 Å². The molecule has 1 aromatic carbocycles. The molecule has 0 spiro atoms. The number of hydrogen-bond donors (Lipinski definition) is 0. The number of alkyl halides is 1. The molecule has 0 bridgehead atoms. The summed E-state index contributed by atoms with van der Waals surface area (Å²) < 4.78 is 12.9. The summed E-state index contributed by atoms with van der Waals surface area (Å²) in [6.07, 6.45) is 5.63. The zero-order valence-corrected chi connectivity index (χ0v) is 16.6. The number of anilines is 2. The fourth-order valence-corrected chi connectivity index (χ4v) is 3.92. The minimum atomic E-state index is -0.484. The Balaban J connectivity index is 1.43. The molecule has 2 heterocycles. The molecule has 2 aliphatic rings. The van der Waals surface area contributed by atoms with Gasteiger partial charge in [0.15, 0.2) is 0 Å². The Morgan fingerprint density at radius 2 is 1.86 bits per heavy atom. The van der Waals surface area contributed by atoms with Crippen molar-refractivity contribution in [2.75, 3.05) is 29.4 Å². The van der Waals surface area contributed by atoms with Crippen LogP contribution in [0.25, 0.3) is 0 Å². The van der Waals surface area contributed by atoms with E-state index in [9.17, 15) is 9.18 Å². The van der Waals surface area contributed by atoms with Crippen LogP contribution in [0.4, 0.5) is 15.9 Å². The number of halogens is 2. The van der Waals surface area contributed by atoms with Crippen LogP contribution in [0.2, 0.25) is 5.02 Å². The summed E-state index contributed by atoms with van der Waals surface area (Å²) in [6.45, 7) is 1.83. The average molecular weight is 402 g/mol. The normalized spacial score (nSPS) is 17.6. The second-order valence-electron chi connectivity index (χ2n) is 7.79. The first kappa shape index (κ1) is 19.2. The highest BCUT2D eigenvalue weighted by atomic mass is 35.5. The smallest absolute Gasteiger partial charge is 0.230 e. The van der Waals surface area contributed by atoms with E-state index in [2.05, 4.69) is 9.88 Å². The first-order chi connectivity index (χ1) is 13.6. The van der Waals surface area contributed by atoms with Gasteiger partial charge in [-0.1, -0.05) is 11.6 Å². The lowest BCUT2D eigenvalue weighted by Gasteiger charge is -2.35. The van der Waals surface area contributed by atoms with Gasteiger partial charge in [-0.15, -0.1) is 0 Å². The molecular weight excluding hydrogens is 377 g/mol. The Kier molecular flexibility index (Phi) is 5.81. The standard InChI is InChI=1S/C22H25ClFN3O/c23-19-3-5-20(6-4-19)27(15-16-1-2-16)22(28)18-8-11-26(12-9-18)21-13-17(14-24)7-10-25-21/h3-7,10,13,16,18H,1-2,8-9,11-12,14-15H2. The lowest BCUT2D eigenvalue weighted by Crippen LogP contribution is -2.43. The van der Waals surface area contributed by atoms with E-state index in [1.807, 2.05) is 29.2 Å². The predicted molar refractivity (Wildman–Crippen MR) is 111 cm³/mol. The number of rotatable bonds is 6. The molecule has 2 aromatic rings. The van der Waals surface area contributed by atoms with Crippen LogP contribution in [0, 0.1) is 11.8 Å². The fourth-order valence-electron chi connectivity index (χ4n) is 3.79. The molecule has 1 amide bonds. The topological polar surface area (TPSA) is 36.4 Å². The van der Waals surface area contributed by atoms with Gasteiger partial charge in [0.05, 0.1) is 0 Å².